The van der Waals surface area contributed by atoms with Crippen LogP contribution in [0.3, 0.4) is 0 Å². The van der Waals surface area contributed by atoms with E-state index in [4.69, 9.17) is 4.74 Å². The maximum Gasteiger partial charge on any atom is 0.336 e. The van der Waals surface area contributed by atoms with Crippen LogP contribution in [0.5, 0.6) is 5.75 Å². The summed E-state index contributed by atoms with van der Waals surface area (Å²) in [7, 11) is 1.89. The van der Waals surface area contributed by atoms with Crippen LogP contribution in [0.1, 0.15) is 39.8 Å². The first-order chi connectivity index (χ1) is 11.6. The molecule has 1 aliphatic rings. The zero-order valence-electron chi connectivity index (χ0n) is 13.6. The van der Waals surface area contributed by atoms with E-state index in [2.05, 4.69) is 4.98 Å². The first-order valence-electron chi connectivity index (χ1n) is 8.00. The van der Waals surface area contributed by atoms with Crippen molar-refractivity contribution in [2.24, 2.45) is 7.05 Å². The lowest BCUT2D eigenvalue weighted by molar-refractivity contribution is 0.0693. The molecule has 0 aliphatic carbocycles. The van der Waals surface area contributed by atoms with Gasteiger partial charge in [0.05, 0.1) is 11.1 Å². The van der Waals surface area contributed by atoms with Crippen LogP contribution in [-0.2, 0) is 13.5 Å². The van der Waals surface area contributed by atoms with Gasteiger partial charge in [-0.05, 0) is 31.4 Å². The van der Waals surface area contributed by atoms with Crippen LogP contribution in [0.2, 0.25) is 0 Å². The molecule has 2 heterocycles. The van der Waals surface area contributed by atoms with Gasteiger partial charge >= 0.3 is 5.97 Å². The quantitative estimate of drug-likeness (QED) is 0.782. The van der Waals surface area contributed by atoms with Crippen molar-refractivity contribution < 1.29 is 14.6 Å². The van der Waals surface area contributed by atoms with E-state index in [0.29, 0.717) is 17.7 Å². The highest BCUT2D eigenvalue weighted by Gasteiger charge is 2.29. The molecule has 0 saturated heterocycles. The summed E-state index contributed by atoms with van der Waals surface area (Å²) in [5, 5.41) is 9.60. The normalized spacial score (nSPS) is 16.7. The highest BCUT2D eigenvalue weighted by Crippen LogP contribution is 2.41. The molecule has 1 atom stereocenters. The lowest BCUT2D eigenvalue weighted by Crippen LogP contribution is -2.18. The third-order valence-electron chi connectivity index (χ3n) is 4.78. The summed E-state index contributed by atoms with van der Waals surface area (Å²) in [6.07, 6.45) is 1.35. The molecule has 5 nitrogen and oxygen atoms in total. The number of rotatable bonds is 2. The number of fused-ring (bicyclic) bond motifs is 3. The largest absolute Gasteiger partial charge is 0.483 e. The first-order valence-corrected chi connectivity index (χ1v) is 8.00. The molecule has 122 valence electrons. The molecule has 1 aliphatic heterocycles. The van der Waals surface area contributed by atoms with E-state index in [1.54, 1.807) is 6.07 Å². The third-order valence-corrected chi connectivity index (χ3v) is 4.78. The molecule has 0 amide bonds. The minimum atomic E-state index is -0.922. The van der Waals surface area contributed by atoms with Crippen LogP contribution in [0.25, 0.3) is 11.0 Å². The number of aromatic nitrogens is 2. The summed E-state index contributed by atoms with van der Waals surface area (Å²) in [6, 6.07) is 11.7. The van der Waals surface area contributed by atoms with E-state index in [-0.39, 0.29) is 6.10 Å². The van der Waals surface area contributed by atoms with Gasteiger partial charge in [0.1, 0.15) is 17.4 Å². The Morgan fingerprint density at radius 3 is 2.79 bits per heavy atom. The fraction of sp³-hybridized carbons (Fsp3) is 0.263. The minimum absolute atomic E-state index is 0.0757. The van der Waals surface area contributed by atoms with E-state index in [1.807, 2.05) is 48.9 Å². The van der Waals surface area contributed by atoms with Crippen LogP contribution in [0.4, 0.5) is 0 Å². The average Bonchev–Trinajstić information content (AvgIpc) is 2.89. The fourth-order valence-electron chi connectivity index (χ4n) is 3.39. The molecule has 0 fully saturated rings. The number of benzene rings is 2. The Kier molecular flexibility index (Phi) is 3.30. The average molecular weight is 322 g/mol. The zero-order valence-corrected chi connectivity index (χ0v) is 13.6. The van der Waals surface area contributed by atoms with Crippen molar-refractivity contribution in [2.45, 2.75) is 25.9 Å². The van der Waals surface area contributed by atoms with Crippen LogP contribution >= 0.6 is 0 Å². The summed E-state index contributed by atoms with van der Waals surface area (Å²) >= 11 is 0. The Bertz CT molecular complexity index is 944. The molecule has 2 aromatic carbocycles. The van der Waals surface area contributed by atoms with Crippen LogP contribution < -0.4 is 4.74 Å². The molecule has 0 unspecified atom stereocenters. The van der Waals surface area contributed by atoms with Crippen molar-refractivity contribution in [3.05, 3.63) is 58.9 Å². The number of carboxylic acids is 1. The highest BCUT2D eigenvalue weighted by atomic mass is 16.5. The van der Waals surface area contributed by atoms with Crippen molar-refractivity contribution in [3.63, 3.8) is 0 Å². The molecule has 0 bridgehead atoms. The lowest BCUT2D eigenvalue weighted by atomic mass is 9.93. The molecular weight excluding hydrogens is 304 g/mol. The zero-order chi connectivity index (χ0) is 16.8. The van der Waals surface area contributed by atoms with Gasteiger partial charge in [0.2, 0.25) is 0 Å². The van der Waals surface area contributed by atoms with Gasteiger partial charge in [0.15, 0.2) is 5.75 Å². The van der Waals surface area contributed by atoms with Gasteiger partial charge in [-0.3, -0.25) is 0 Å². The second-order valence-electron chi connectivity index (χ2n) is 6.18. The van der Waals surface area contributed by atoms with Crippen molar-refractivity contribution in [3.8, 4) is 5.75 Å². The van der Waals surface area contributed by atoms with Gasteiger partial charge in [-0.15, -0.1) is 0 Å². The Morgan fingerprint density at radius 1 is 1.33 bits per heavy atom. The maximum absolute atomic E-state index is 11.7. The Balaban J connectivity index is 1.91. The topological polar surface area (TPSA) is 64.3 Å². The Labute approximate surface area is 139 Å². The first kappa shape index (κ1) is 14.8. The van der Waals surface area contributed by atoms with E-state index >= 15 is 0 Å². The third kappa shape index (κ3) is 2.16. The Morgan fingerprint density at radius 2 is 2.08 bits per heavy atom. The number of ether oxygens (including phenoxy) is 1. The standard InChI is InChI=1S/C19H18N2O3/c1-11-20-17-15(21(11)2)10-14(19(22)23)13-8-9-16(24-18(13)17)12-6-4-3-5-7-12/h3-7,10,16H,8-9H2,1-2H3,(H,22,23)/t16-/m1/s1. The van der Waals surface area contributed by atoms with Gasteiger partial charge in [0, 0.05) is 12.6 Å². The minimum Gasteiger partial charge on any atom is -0.483 e. The number of hydrogen-bond acceptors (Lipinski definition) is 3. The second-order valence-corrected chi connectivity index (χ2v) is 6.18. The molecule has 0 spiro atoms. The molecule has 1 N–H and O–H groups in total. The number of carbonyl (C=O) groups is 1. The van der Waals surface area contributed by atoms with E-state index in [9.17, 15) is 9.90 Å². The van der Waals surface area contributed by atoms with E-state index in [1.165, 1.54) is 0 Å². The van der Waals surface area contributed by atoms with Gasteiger partial charge < -0.3 is 14.4 Å². The SMILES string of the molecule is Cc1nc2c3c(c(C(=O)O)cc2n1C)CC[C@H](c1ccccc1)O3. The predicted octanol–water partition coefficient (Wildman–Crippen LogP) is 3.65. The number of nitrogens with zero attached hydrogens (tertiary/aromatic N) is 2. The van der Waals surface area contributed by atoms with Crippen molar-refractivity contribution in [1.82, 2.24) is 9.55 Å². The van der Waals surface area contributed by atoms with Crippen LogP contribution in [0, 0.1) is 6.92 Å². The second kappa shape index (κ2) is 5.37. The van der Waals surface area contributed by atoms with Gasteiger partial charge in [-0.2, -0.15) is 0 Å². The molecule has 1 aromatic heterocycles. The molecule has 0 radical (unpaired) electrons. The number of aryl methyl sites for hydroxylation is 2. The van der Waals surface area contributed by atoms with Crippen molar-refractivity contribution in [2.75, 3.05) is 0 Å². The van der Waals surface area contributed by atoms with Crippen LogP contribution in [-0.4, -0.2) is 20.6 Å². The summed E-state index contributed by atoms with van der Waals surface area (Å²) in [5.41, 5.74) is 3.70. The van der Waals surface area contributed by atoms with Crippen molar-refractivity contribution >= 4 is 17.0 Å². The number of carboxylic acid groups (broad SMARTS) is 1. The van der Waals surface area contributed by atoms with Gasteiger partial charge in [0.25, 0.3) is 0 Å². The molecular formula is C19H18N2O3. The Hall–Kier alpha value is -2.82. The number of imidazole rings is 1. The summed E-state index contributed by atoms with van der Waals surface area (Å²) in [5.74, 6) is 0.530. The molecule has 4 rings (SSSR count). The number of aromatic carboxylic acids is 1. The monoisotopic (exact) mass is 322 g/mol. The smallest absolute Gasteiger partial charge is 0.336 e. The van der Waals surface area contributed by atoms with E-state index < -0.39 is 5.97 Å². The number of hydrogen-bond donors (Lipinski definition) is 1. The van der Waals surface area contributed by atoms with Crippen LogP contribution in [0.15, 0.2) is 36.4 Å². The summed E-state index contributed by atoms with van der Waals surface area (Å²) in [4.78, 5) is 16.3. The molecule has 5 heteroatoms. The predicted molar refractivity (Wildman–Crippen MR) is 90.5 cm³/mol. The lowest BCUT2D eigenvalue weighted by Gasteiger charge is -2.27. The fourth-order valence-corrected chi connectivity index (χ4v) is 3.39. The molecule has 3 aromatic rings. The summed E-state index contributed by atoms with van der Waals surface area (Å²) in [6.45, 7) is 1.91. The van der Waals surface area contributed by atoms with Gasteiger partial charge in [-0.25, -0.2) is 9.78 Å². The summed E-state index contributed by atoms with van der Waals surface area (Å²) < 4.78 is 8.15. The van der Waals surface area contributed by atoms with Crippen molar-refractivity contribution in [1.29, 1.82) is 0 Å². The molecule has 0 saturated carbocycles. The highest BCUT2D eigenvalue weighted by molar-refractivity contribution is 5.98. The molecule has 24 heavy (non-hydrogen) atoms. The maximum atomic E-state index is 11.7. The van der Waals surface area contributed by atoms with Gasteiger partial charge in [-0.1, -0.05) is 30.3 Å². The van der Waals surface area contributed by atoms with E-state index in [0.717, 1.165) is 34.4 Å².